The zero-order valence-electron chi connectivity index (χ0n) is 14.8. The van der Waals surface area contributed by atoms with E-state index in [2.05, 4.69) is 13.8 Å². The molecule has 0 aliphatic carbocycles. The maximum Gasteiger partial charge on any atom is 0.253 e. The summed E-state index contributed by atoms with van der Waals surface area (Å²) in [5, 5.41) is 0. The minimum atomic E-state index is 0.0720. The summed E-state index contributed by atoms with van der Waals surface area (Å²) in [5.41, 5.74) is 3.08. The Morgan fingerprint density at radius 1 is 0.957 bits per heavy atom. The van der Waals surface area contributed by atoms with Gasteiger partial charge in [0, 0.05) is 37.7 Å². The normalized spacial score (nSPS) is 15.2. The van der Waals surface area contributed by atoms with E-state index in [9.17, 15) is 9.59 Å². The smallest absolute Gasteiger partial charge is 0.253 e. The third kappa shape index (κ3) is 3.92. The Hall–Kier alpha value is -1.84. The molecule has 126 valence electrons. The van der Waals surface area contributed by atoms with Gasteiger partial charge in [0.1, 0.15) is 0 Å². The summed E-state index contributed by atoms with van der Waals surface area (Å²) in [6.07, 6.45) is 1.77. The van der Waals surface area contributed by atoms with Crippen LogP contribution in [0.4, 0.5) is 0 Å². The fourth-order valence-corrected chi connectivity index (χ4v) is 3.08. The maximum atomic E-state index is 12.6. The summed E-state index contributed by atoms with van der Waals surface area (Å²) in [7, 11) is 0. The van der Waals surface area contributed by atoms with E-state index in [0.717, 1.165) is 24.0 Å². The lowest BCUT2D eigenvalue weighted by molar-refractivity contribution is -0.137. The second-order valence-corrected chi connectivity index (χ2v) is 6.43. The van der Waals surface area contributed by atoms with E-state index >= 15 is 0 Å². The zero-order chi connectivity index (χ0) is 17.0. The van der Waals surface area contributed by atoms with Gasteiger partial charge in [-0.15, -0.1) is 0 Å². The largest absolute Gasteiger partial charge is 0.339 e. The summed E-state index contributed by atoms with van der Waals surface area (Å²) in [5.74, 6) is 0.438. The number of rotatable bonds is 4. The lowest BCUT2D eigenvalue weighted by Crippen LogP contribution is -2.51. The van der Waals surface area contributed by atoms with Crippen LogP contribution in [0.3, 0.4) is 0 Å². The third-order valence-electron chi connectivity index (χ3n) is 4.97. The molecule has 1 heterocycles. The van der Waals surface area contributed by atoms with Gasteiger partial charge in [-0.1, -0.05) is 19.9 Å². The van der Waals surface area contributed by atoms with Gasteiger partial charge in [-0.25, -0.2) is 0 Å². The van der Waals surface area contributed by atoms with Gasteiger partial charge in [-0.05, 0) is 49.9 Å². The quantitative estimate of drug-likeness (QED) is 0.856. The SMILES string of the molecule is CCC(CC)C(=O)N1CCN(C(=O)c2ccc(C)c(C)c2)CC1. The number of carbonyl (C=O) groups excluding carboxylic acids is 2. The molecule has 1 aromatic rings. The van der Waals surface area contributed by atoms with Crippen molar-refractivity contribution in [2.75, 3.05) is 26.2 Å². The van der Waals surface area contributed by atoms with Crippen LogP contribution in [0.15, 0.2) is 18.2 Å². The van der Waals surface area contributed by atoms with Crippen LogP contribution >= 0.6 is 0 Å². The first kappa shape index (κ1) is 17.5. The molecule has 0 N–H and O–H groups in total. The van der Waals surface area contributed by atoms with Crippen molar-refractivity contribution in [1.29, 1.82) is 0 Å². The molecule has 0 saturated carbocycles. The number of piperazine rings is 1. The molecule has 0 unspecified atom stereocenters. The molecule has 0 radical (unpaired) electrons. The molecule has 1 fully saturated rings. The van der Waals surface area contributed by atoms with E-state index in [1.54, 1.807) is 0 Å². The number of aryl methyl sites for hydroxylation is 2. The minimum absolute atomic E-state index is 0.0720. The van der Waals surface area contributed by atoms with E-state index in [0.29, 0.717) is 26.2 Å². The molecule has 0 bridgehead atoms. The van der Waals surface area contributed by atoms with E-state index in [-0.39, 0.29) is 17.7 Å². The van der Waals surface area contributed by atoms with Gasteiger partial charge in [0.05, 0.1) is 0 Å². The van der Waals surface area contributed by atoms with Crippen LogP contribution < -0.4 is 0 Å². The van der Waals surface area contributed by atoms with Crippen LogP contribution in [0.2, 0.25) is 0 Å². The number of amides is 2. The Kier molecular flexibility index (Phi) is 5.80. The molecule has 23 heavy (non-hydrogen) atoms. The monoisotopic (exact) mass is 316 g/mol. The molecular weight excluding hydrogens is 288 g/mol. The molecule has 1 aliphatic heterocycles. The molecular formula is C19H28N2O2. The van der Waals surface area contributed by atoms with E-state index in [1.165, 1.54) is 5.56 Å². The van der Waals surface area contributed by atoms with Crippen molar-refractivity contribution in [2.45, 2.75) is 40.5 Å². The summed E-state index contributed by atoms with van der Waals surface area (Å²) in [6, 6.07) is 5.85. The maximum absolute atomic E-state index is 12.6. The van der Waals surface area contributed by atoms with Crippen LogP contribution in [0.1, 0.15) is 48.2 Å². The topological polar surface area (TPSA) is 40.6 Å². The highest BCUT2D eigenvalue weighted by Gasteiger charge is 2.27. The number of carbonyl (C=O) groups is 2. The summed E-state index contributed by atoms with van der Waals surface area (Å²) < 4.78 is 0. The van der Waals surface area contributed by atoms with Crippen molar-refractivity contribution in [1.82, 2.24) is 9.80 Å². The molecule has 1 saturated heterocycles. The highest BCUT2D eigenvalue weighted by molar-refractivity contribution is 5.94. The van der Waals surface area contributed by atoms with Crippen LogP contribution in [-0.2, 0) is 4.79 Å². The highest BCUT2D eigenvalue weighted by Crippen LogP contribution is 2.16. The van der Waals surface area contributed by atoms with Crippen molar-refractivity contribution in [3.05, 3.63) is 34.9 Å². The zero-order valence-corrected chi connectivity index (χ0v) is 14.8. The first-order valence-electron chi connectivity index (χ1n) is 8.63. The first-order valence-corrected chi connectivity index (χ1v) is 8.63. The van der Waals surface area contributed by atoms with E-state index < -0.39 is 0 Å². The van der Waals surface area contributed by atoms with Crippen LogP contribution in [0.25, 0.3) is 0 Å². The number of hydrogen-bond donors (Lipinski definition) is 0. The van der Waals surface area contributed by atoms with Crippen LogP contribution in [-0.4, -0.2) is 47.8 Å². The summed E-state index contributed by atoms with van der Waals surface area (Å²) in [6.45, 7) is 10.7. The standard InChI is InChI=1S/C19H28N2O2/c1-5-16(6-2)18(22)20-9-11-21(12-10-20)19(23)17-8-7-14(3)15(4)13-17/h7-8,13,16H,5-6,9-12H2,1-4H3. The van der Waals surface area contributed by atoms with Crippen molar-refractivity contribution < 1.29 is 9.59 Å². The number of hydrogen-bond acceptors (Lipinski definition) is 2. The van der Waals surface area contributed by atoms with Gasteiger partial charge in [-0.2, -0.15) is 0 Å². The summed E-state index contributed by atoms with van der Waals surface area (Å²) in [4.78, 5) is 28.8. The van der Waals surface area contributed by atoms with E-state index in [1.807, 2.05) is 41.8 Å². The second-order valence-electron chi connectivity index (χ2n) is 6.43. The van der Waals surface area contributed by atoms with E-state index in [4.69, 9.17) is 0 Å². The second kappa shape index (κ2) is 7.62. The Balaban J connectivity index is 1.97. The Bertz CT molecular complexity index is 571. The van der Waals surface area contributed by atoms with Gasteiger partial charge in [0.25, 0.3) is 5.91 Å². The van der Waals surface area contributed by atoms with Gasteiger partial charge in [0.15, 0.2) is 0 Å². The summed E-state index contributed by atoms with van der Waals surface area (Å²) >= 11 is 0. The van der Waals surface area contributed by atoms with Crippen molar-refractivity contribution in [3.63, 3.8) is 0 Å². The lowest BCUT2D eigenvalue weighted by Gasteiger charge is -2.36. The van der Waals surface area contributed by atoms with Gasteiger partial charge in [0.2, 0.25) is 5.91 Å². The molecule has 0 atom stereocenters. The Morgan fingerprint density at radius 2 is 1.52 bits per heavy atom. The van der Waals surface area contributed by atoms with Crippen molar-refractivity contribution in [2.24, 2.45) is 5.92 Å². The molecule has 4 heteroatoms. The average Bonchev–Trinajstić information content (AvgIpc) is 2.58. The predicted octanol–water partition coefficient (Wildman–Crippen LogP) is 3.02. The Morgan fingerprint density at radius 3 is 2.04 bits per heavy atom. The van der Waals surface area contributed by atoms with Gasteiger partial charge < -0.3 is 9.80 Å². The molecule has 4 nitrogen and oxygen atoms in total. The lowest BCUT2D eigenvalue weighted by atomic mass is 10.0. The van der Waals surface area contributed by atoms with Crippen LogP contribution in [0, 0.1) is 19.8 Å². The number of nitrogens with zero attached hydrogens (tertiary/aromatic N) is 2. The van der Waals surface area contributed by atoms with Gasteiger partial charge in [-0.3, -0.25) is 9.59 Å². The molecule has 0 aromatic heterocycles. The molecule has 1 aromatic carbocycles. The van der Waals surface area contributed by atoms with Crippen LogP contribution in [0.5, 0.6) is 0 Å². The third-order valence-corrected chi connectivity index (χ3v) is 4.97. The predicted molar refractivity (Wildman–Crippen MR) is 92.5 cm³/mol. The fourth-order valence-electron chi connectivity index (χ4n) is 3.08. The Labute approximate surface area is 139 Å². The highest BCUT2D eigenvalue weighted by atomic mass is 16.2. The molecule has 2 rings (SSSR count). The fraction of sp³-hybridized carbons (Fsp3) is 0.579. The number of benzene rings is 1. The van der Waals surface area contributed by atoms with Crippen molar-refractivity contribution in [3.8, 4) is 0 Å². The average molecular weight is 316 g/mol. The molecule has 0 spiro atoms. The van der Waals surface area contributed by atoms with Crippen molar-refractivity contribution >= 4 is 11.8 Å². The molecule has 1 aliphatic rings. The first-order chi connectivity index (χ1) is 11.0. The molecule has 2 amide bonds. The van der Waals surface area contributed by atoms with Gasteiger partial charge >= 0.3 is 0 Å². The minimum Gasteiger partial charge on any atom is -0.339 e.